The number of imide groups is 1. The van der Waals surface area contributed by atoms with Gasteiger partial charge in [-0.15, -0.1) is 0 Å². The van der Waals surface area contributed by atoms with Gasteiger partial charge in [0.1, 0.15) is 5.70 Å². The molecule has 0 aliphatic carbocycles. The SMILES string of the molecule is CN(CCO)C1=C(c2ccccc2)C(=O)N(Cc2cccc(C(F)(F)F)c2)C1=O. The van der Waals surface area contributed by atoms with Crippen LogP contribution in [0.3, 0.4) is 0 Å². The Kier molecular flexibility index (Phi) is 5.74. The van der Waals surface area contributed by atoms with E-state index in [0.717, 1.165) is 17.0 Å². The van der Waals surface area contributed by atoms with Crippen LogP contribution in [0, 0.1) is 0 Å². The van der Waals surface area contributed by atoms with Crippen molar-refractivity contribution >= 4 is 17.4 Å². The van der Waals surface area contributed by atoms with E-state index in [2.05, 4.69) is 0 Å². The summed E-state index contributed by atoms with van der Waals surface area (Å²) in [5.41, 5.74) is 0.154. The second kappa shape index (κ2) is 8.08. The molecule has 1 heterocycles. The van der Waals surface area contributed by atoms with Crippen LogP contribution in [0.2, 0.25) is 0 Å². The summed E-state index contributed by atoms with van der Waals surface area (Å²) in [6, 6.07) is 13.1. The lowest BCUT2D eigenvalue weighted by molar-refractivity contribution is -0.138. The Morgan fingerprint density at radius 3 is 2.31 bits per heavy atom. The highest BCUT2D eigenvalue weighted by molar-refractivity contribution is 6.35. The quantitative estimate of drug-likeness (QED) is 0.753. The Morgan fingerprint density at radius 1 is 1.00 bits per heavy atom. The highest BCUT2D eigenvalue weighted by atomic mass is 19.4. The van der Waals surface area contributed by atoms with E-state index in [-0.39, 0.29) is 36.5 Å². The molecule has 0 aromatic heterocycles. The molecule has 0 bridgehead atoms. The number of rotatable bonds is 6. The Bertz CT molecular complexity index is 955. The molecule has 0 radical (unpaired) electrons. The lowest BCUT2D eigenvalue weighted by Gasteiger charge is -2.20. The van der Waals surface area contributed by atoms with E-state index in [1.54, 1.807) is 37.4 Å². The molecule has 8 heteroatoms. The normalized spacial score (nSPS) is 14.7. The van der Waals surface area contributed by atoms with Gasteiger partial charge in [0, 0.05) is 13.6 Å². The van der Waals surface area contributed by atoms with E-state index in [1.165, 1.54) is 17.0 Å². The minimum absolute atomic E-state index is 0.113. The predicted molar refractivity (Wildman–Crippen MR) is 100 cm³/mol. The highest BCUT2D eigenvalue weighted by Crippen LogP contribution is 2.33. The van der Waals surface area contributed by atoms with Crippen molar-refractivity contribution in [3.8, 4) is 0 Å². The predicted octanol–water partition coefficient (Wildman–Crippen LogP) is 2.91. The molecule has 0 unspecified atom stereocenters. The van der Waals surface area contributed by atoms with Crippen molar-refractivity contribution in [2.24, 2.45) is 0 Å². The number of carbonyl (C=O) groups is 2. The van der Waals surface area contributed by atoms with Gasteiger partial charge in [0.25, 0.3) is 11.8 Å². The van der Waals surface area contributed by atoms with Crippen molar-refractivity contribution in [1.29, 1.82) is 0 Å². The first-order valence-corrected chi connectivity index (χ1v) is 8.88. The second-order valence-corrected chi connectivity index (χ2v) is 6.63. The van der Waals surface area contributed by atoms with Gasteiger partial charge in [0.15, 0.2) is 0 Å². The number of benzene rings is 2. The van der Waals surface area contributed by atoms with E-state index in [9.17, 15) is 27.9 Å². The fourth-order valence-electron chi connectivity index (χ4n) is 3.22. The van der Waals surface area contributed by atoms with E-state index in [1.807, 2.05) is 0 Å². The van der Waals surface area contributed by atoms with Gasteiger partial charge < -0.3 is 10.0 Å². The van der Waals surface area contributed by atoms with Crippen LogP contribution >= 0.6 is 0 Å². The number of nitrogens with zero attached hydrogens (tertiary/aromatic N) is 2. The molecule has 1 aliphatic heterocycles. The molecule has 1 N–H and O–H groups in total. The molecule has 5 nitrogen and oxygen atoms in total. The summed E-state index contributed by atoms with van der Waals surface area (Å²) in [4.78, 5) is 28.5. The van der Waals surface area contributed by atoms with Crippen LogP contribution in [-0.2, 0) is 22.3 Å². The monoisotopic (exact) mass is 404 g/mol. The van der Waals surface area contributed by atoms with Crippen LogP contribution in [0.15, 0.2) is 60.3 Å². The highest BCUT2D eigenvalue weighted by Gasteiger charge is 2.41. The van der Waals surface area contributed by atoms with Crippen LogP contribution in [0.4, 0.5) is 13.2 Å². The van der Waals surface area contributed by atoms with Gasteiger partial charge >= 0.3 is 6.18 Å². The molecule has 1 aliphatic rings. The van der Waals surface area contributed by atoms with Crippen LogP contribution < -0.4 is 0 Å². The van der Waals surface area contributed by atoms with Gasteiger partial charge in [-0.2, -0.15) is 13.2 Å². The third-order valence-electron chi connectivity index (χ3n) is 4.62. The number of halogens is 3. The average molecular weight is 404 g/mol. The topological polar surface area (TPSA) is 60.9 Å². The summed E-state index contributed by atoms with van der Waals surface area (Å²) in [7, 11) is 1.58. The van der Waals surface area contributed by atoms with Gasteiger partial charge in [0.2, 0.25) is 0 Å². The second-order valence-electron chi connectivity index (χ2n) is 6.63. The smallest absolute Gasteiger partial charge is 0.395 e. The number of hydrogen-bond acceptors (Lipinski definition) is 4. The Labute approximate surface area is 165 Å². The number of likely N-dealkylation sites (N-methyl/N-ethyl adjacent to an activating group) is 1. The van der Waals surface area contributed by atoms with E-state index in [4.69, 9.17) is 0 Å². The number of hydrogen-bond donors (Lipinski definition) is 1. The largest absolute Gasteiger partial charge is 0.416 e. The molecule has 3 rings (SSSR count). The summed E-state index contributed by atoms with van der Waals surface area (Å²) >= 11 is 0. The molecular formula is C21H19F3N2O3. The van der Waals surface area contributed by atoms with Crippen molar-refractivity contribution < 1.29 is 27.9 Å². The van der Waals surface area contributed by atoms with Gasteiger partial charge in [-0.25, -0.2) is 0 Å². The molecule has 2 aromatic carbocycles. The lowest BCUT2D eigenvalue weighted by Crippen LogP contribution is -2.34. The number of aliphatic hydroxyl groups is 1. The average Bonchev–Trinajstić information content (AvgIpc) is 2.93. The number of carbonyl (C=O) groups excluding carboxylic acids is 2. The standard InChI is InChI=1S/C21H19F3N2O3/c1-25(10-11-27)18-17(15-7-3-2-4-8-15)19(28)26(20(18)29)13-14-6-5-9-16(12-14)21(22,23)24/h2-9,12,27H,10-11,13H2,1H3. The summed E-state index contributed by atoms with van der Waals surface area (Å²) in [6.45, 7) is -0.381. The number of aliphatic hydroxyl groups excluding tert-OH is 1. The first-order chi connectivity index (χ1) is 13.7. The maximum absolute atomic E-state index is 13.1. The summed E-state index contributed by atoms with van der Waals surface area (Å²) in [6.07, 6.45) is -4.52. The van der Waals surface area contributed by atoms with Crippen molar-refractivity contribution in [3.63, 3.8) is 0 Å². The summed E-state index contributed by atoms with van der Waals surface area (Å²) in [5, 5.41) is 9.23. The van der Waals surface area contributed by atoms with Gasteiger partial charge in [0.05, 0.1) is 24.3 Å². The maximum atomic E-state index is 13.1. The third-order valence-corrected chi connectivity index (χ3v) is 4.62. The number of alkyl halides is 3. The van der Waals surface area contributed by atoms with Crippen LogP contribution in [0.25, 0.3) is 5.57 Å². The minimum atomic E-state index is -4.52. The summed E-state index contributed by atoms with van der Waals surface area (Å²) in [5.74, 6) is -1.19. The third kappa shape index (κ3) is 4.17. The molecule has 0 saturated heterocycles. The fourth-order valence-corrected chi connectivity index (χ4v) is 3.22. The van der Waals surface area contributed by atoms with Crippen molar-refractivity contribution in [1.82, 2.24) is 9.80 Å². The lowest BCUT2D eigenvalue weighted by atomic mass is 10.0. The van der Waals surface area contributed by atoms with Crippen LogP contribution in [0.1, 0.15) is 16.7 Å². The molecule has 2 aromatic rings. The van der Waals surface area contributed by atoms with Gasteiger partial charge in [-0.3, -0.25) is 14.5 Å². The van der Waals surface area contributed by atoms with E-state index < -0.39 is 23.6 Å². The molecule has 0 fully saturated rings. The van der Waals surface area contributed by atoms with Crippen molar-refractivity contribution in [2.45, 2.75) is 12.7 Å². The number of amides is 2. The molecule has 0 spiro atoms. The Hall–Kier alpha value is -3.13. The zero-order valence-corrected chi connectivity index (χ0v) is 15.6. The molecule has 152 valence electrons. The van der Waals surface area contributed by atoms with Gasteiger partial charge in [-0.05, 0) is 23.3 Å². The van der Waals surface area contributed by atoms with E-state index in [0.29, 0.717) is 5.56 Å². The van der Waals surface area contributed by atoms with E-state index >= 15 is 0 Å². The minimum Gasteiger partial charge on any atom is -0.395 e. The fraction of sp³-hybridized carbons (Fsp3) is 0.238. The molecule has 0 saturated carbocycles. The van der Waals surface area contributed by atoms with Gasteiger partial charge in [-0.1, -0.05) is 42.5 Å². The molecular weight excluding hydrogens is 385 g/mol. The first kappa shape index (κ1) is 20.6. The molecule has 29 heavy (non-hydrogen) atoms. The van der Waals surface area contributed by atoms with Crippen molar-refractivity contribution in [3.05, 3.63) is 77.0 Å². The van der Waals surface area contributed by atoms with Crippen LogP contribution in [-0.4, -0.2) is 46.9 Å². The Balaban J connectivity index is 1.98. The molecule has 2 amide bonds. The van der Waals surface area contributed by atoms with Crippen molar-refractivity contribution in [2.75, 3.05) is 20.2 Å². The zero-order chi connectivity index (χ0) is 21.2. The first-order valence-electron chi connectivity index (χ1n) is 8.88. The summed E-state index contributed by atoms with van der Waals surface area (Å²) < 4.78 is 39.0. The Morgan fingerprint density at radius 2 is 1.69 bits per heavy atom. The molecule has 0 atom stereocenters. The van der Waals surface area contributed by atoms with Crippen LogP contribution in [0.5, 0.6) is 0 Å². The zero-order valence-electron chi connectivity index (χ0n) is 15.6. The maximum Gasteiger partial charge on any atom is 0.416 e.